The fourth-order valence-corrected chi connectivity index (χ4v) is 2.61. The van der Waals surface area contributed by atoms with E-state index in [4.69, 9.17) is 10.5 Å². The van der Waals surface area contributed by atoms with E-state index in [1.165, 1.54) is 13.5 Å². The van der Waals surface area contributed by atoms with Crippen LogP contribution >= 0.6 is 0 Å². The zero-order chi connectivity index (χ0) is 15.7. The van der Waals surface area contributed by atoms with E-state index >= 15 is 0 Å². The van der Waals surface area contributed by atoms with E-state index in [0.717, 1.165) is 38.5 Å². The molecule has 0 aromatic carbocycles. The largest absolute Gasteiger partial charge is 0.468 e. The van der Waals surface area contributed by atoms with Gasteiger partial charge >= 0.3 is 12.1 Å². The van der Waals surface area contributed by atoms with Crippen molar-refractivity contribution in [1.82, 2.24) is 5.32 Å². The normalized spacial score (nSPS) is 18.6. The molecule has 0 aromatic rings. The standard InChI is InChI=1S/C15H28N2O4/c1-15(9-5-3-6-10-15)21-14(19)17-11-7-4-8-12(16)13(18)20-2/h12H,3-11,16H2,1-2H3,(H,17,19)/t12-/m0/s1. The summed E-state index contributed by atoms with van der Waals surface area (Å²) >= 11 is 0. The molecular weight excluding hydrogens is 272 g/mol. The second kappa shape index (κ2) is 8.87. The molecule has 0 heterocycles. The van der Waals surface area contributed by atoms with Crippen molar-refractivity contribution >= 4 is 12.1 Å². The summed E-state index contributed by atoms with van der Waals surface area (Å²) in [5.41, 5.74) is 5.31. The van der Waals surface area contributed by atoms with Crippen LogP contribution in [0, 0.1) is 0 Å². The number of carbonyl (C=O) groups excluding carboxylic acids is 2. The number of nitrogens with one attached hydrogen (secondary N) is 1. The highest BCUT2D eigenvalue weighted by Gasteiger charge is 2.30. The van der Waals surface area contributed by atoms with E-state index in [9.17, 15) is 9.59 Å². The van der Waals surface area contributed by atoms with E-state index in [2.05, 4.69) is 10.1 Å². The number of methoxy groups -OCH3 is 1. The number of alkyl carbamates (subject to hydrolysis) is 1. The monoisotopic (exact) mass is 300 g/mol. The Hall–Kier alpha value is -1.30. The lowest BCUT2D eigenvalue weighted by molar-refractivity contribution is -0.142. The molecule has 3 N–H and O–H groups in total. The van der Waals surface area contributed by atoms with Gasteiger partial charge in [-0.05, 0) is 51.9 Å². The maximum absolute atomic E-state index is 11.7. The first kappa shape index (κ1) is 17.8. The molecule has 1 fully saturated rings. The van der Waals surface area contributed by atoms with Gasteiger partial charge in [0.1, 0.15) is 11.6 Å². The predicted octanol–water partition coefficient (Wildman–Crippen LogP) is 2.11. The fraction of sp³-hybridized carbons (Fsp3) is 0.867. The summed E-state index contributed by atoms with van der Waals surface area (Å²) in [5.74, 6) is -0.396. The molecule has 0 spiro atoms. The third-order valence-corrected chi connectivity index (χ3v) is 3.97. The number of amides is 1. The van der Waals surface area contributed by atoms with Crippen molar-refractivity contribution in [3.63, 3.8) is 0 Å². The Morgan fingerprint density at radius 3 is 2.52 bits per heavy atom. The van der Waals surface area contributed by atoms with E-state index in [-0.39, 0.29) is 11.7 Å². The second-order valence-electron chi connectivity index (χ2n) is 5.95. The molecule has 6 heteroatoms. The van der Waals surface area contributed by atoms with Crippen LogP contribution < -0.4 is 11.1 Å². The van der Waals surface area contributed by atoms with Gasteiger partial charge in [-0.3, -0.25) is 4.79 Å². The van der Waals surface area contributed by atoms with Crippen LogP contribution in [0.1, 0.15) is 58.3 Å². The highest BCUT2D eigenvalue weighted by atomic mass is 16.6. The first-order valence-corrected chi connectivity index (χ1v) is 7.77. The highest BCUT2D eigenvalue weighted by molar-refractivity contribution is 5.75. The van der Waals surface area contributed by atoms with Gasteiger partial charge in [0.15, 0.2) is 0 Å². The first-order valence-electron chi connectivity index (χ1n) is 7.77. The number of unbranched alkanes of at least 4 members (excludes halogenated alkanes) is 1. The van der Waals surface area contributed by atoms with Crippen molar-refractivity contribution in [3.05, 3.63) is 0 Å². The molecule has 1 rings (SSSR count). The Labute approximate surface area is 126 Å². The van der Waals surface area contributed by atoms with Crippen molar-refractivity contribution in [2.24, 2.45) is 5.73 Å². The summed E-state index contributed by atoms with van der Waals surface area (Å²) in [6.07, 6.45) is 7.07. The Balaban J connectivity index is 2.09. The van der Waals surface area contributed by atoms with E-state index < -0.39 is 12.0 Å². The van der Waals surface area contributed by atoms with Gasteiger partial charge in [-0.25, -0.2) is 4.79 Å². The van der Waals surface area contributed by atoms with Crippen LogP contribution in [-0.4, -0.2) is 37.4 Å². The molecular formula is C15H28N2O4. The number of esters is 1. The molecule has 1 aliphatic rings. The summed E-state index contributed by atoms with van der Waals surface area (Å²) in [5, 5.41) is 2.75. The van der Waals surface area contributed by atoms with Crippen LogP contribution in [0.4, 0.5) is 4.79 Å². The Kier molecular flexibility index (Phi) is 7.50. The van der Waals surface area contributed by atoms with Crippen molar-refractivity contribution in [3.8, 4) is 0 Å². The number of nitrogens with two attached hydrogens (primary N) is 1. The number of hydrogen-bond donors (Lipinski definition) is 2. The summed E-state index contributed by atoms with van der Waals surface area (Å²) in [6.45, 7) is 2.53. The molecule has 21 heavy (non-hydrogen) atoms. The third-order valence-electron chi connectivity index (χ3n) is 3.97. The molecule has 0 radical (unpaired) electrons. The fourth-order valence-electron chi connectivity index (χ4n) is 2.61. The molecule has 1 aliphatic carbocycles. The topological polar surface area (TPSA) is 90.6 Å². The van der Waals surface area contributed by atoms with Gasteiger partial charge in [-0.15, -0.1) is 0 Å². The summed E-state index contributed by atoms with van der Waals surface area (Å²) in [7, 11) is 1.33. The molecule has 1 amide bonds. The van der Waals surface area contributed by atoms with Crippen molar-refractivity contribution in [2.45, 2.75) is 69.9 Å². The van der Waals surface area contributed by atoms with Gasteiger partial charge in [0.05, 0.1) is 7.11 Å². The zero-order valence-corrected chi connectivity index (χ0v) is 13.2. The SMILES string of the molecule is COC(=O)[C@@H](N)CCCCNC(=O)OC1(C)CCCCC1. The van der Waals surface area contributed by atoms with Gasteiger partial charge in [0.2, 0.25) is 0 Å². The molecule has 0 aromatic heterocycles. The Morgan fingerprint density at radius 2 is 1.90 bits per heavy atom. The average Bonchev–Trinajstić information content (AvgIpc) is 2.46. The number of hydrogen-bond acceptors (Lipinski definition) is 5. The number of carbonyl (C=O) groups is 2. The van der Waals surface area contributed by atoms with Gasteiger partial charge in [0.25, 0.3) is 0 Å². The third kappa shape index (κ3) is 6.80. The smallest absolute Gasteiger partial charge is 0.407 e. The van der Waals surface area contributed by atoms with Crippen LogP contribution in [0.2, 0.25) is 0 Å². The second-order valence-corrected chi connectivity index (χ2v) is 5.95. The van der Waals surface area contributed by atoms with Gasteiger partial charge in [0, 0.05) is 6.54 Å². The van der Waals surface area contributed by atoms with Crippen LogP contribution in [0.5, 0.6) is 0 Å². The summed E-state index contributed by atoms with van der Waals surface area (Å²) in [6, 6.07) is -0.580. The van der Waals surface area contributed by atoms with Crippen molar-refractivity contribution < 1.29 is 19.1 Å². The molecule has 1 saturated carbocycles. The quantitative estimate of drug-likeness (QED) is 0.555. The minimum absolute atomic E-state index is 0.310. The molecule has 122 valence electrons. The van der Waals surface area contributed by atoms with Crippen LogP contribution in [0.25, 0.3) is 0 Å². The Morgan fingerprint density at radius 1 is 1.24 bits per heavy atom. The summed E-state index contributed by atoms with van der Waals surface area (Å²) in [4.78, 5) is 22.8. The molecule has 6 nitrogen and oxygen atoms in total. The van der Waals surface area contributed by atoms with E-state index in [0.29, 0.717) is 13.0 Å². The maximum Gasteiger partial charge on any atom is 0.407 e. The molecule has 0 saturated heterocycles. The molecule has 1 atom stereocenters. The summed E-state index contributed by atoms with van der Waals surface area (Å²) < 4.78 is 10.1. The van der Waals surface area contributed by atoms with E-state index in [1.807, 2.05) is 6.92 Å². The minimum atomic E-state index is -0.580. The van der Waals surface area contributed by atoms with Crippen LogP contribution in [0.15, 0.2) is 0 Å². The molecule has 0 aliphatic heterocycles. The van der Waals surface area contributed by atoms with Crippen LogP contribution in [-0.2, 0) is 14.3 Å². The van der Waals surface area contributed by atoms with Crippen molar-refractivity contribution in [1.29, 1.82) is 0 Å². The average molecular weight is 300 g/mol. The highest BCUT2D eigenvalue weighted by Crippen LogP contribution is 2.30. The lowest BCUT2D eigenvalue weighted by atomic mass is 9.86. The van der Waals surface area contributed by atoms with Gasteiger partial charge in [-0.1, -0.05) is 6.42 Å². The van der Waals surface area contributed by atoms with E-state index in [1.54, 1.807) is 0 Å². The maximum atomic E-state index is 11.7. The molecule has 0 unspecified atom stereocenters. The molecule has 0 bridgehead atoms. The van der Waals surface area contributed by atoms with Crippen molar-refractivity contribution in [2.75, 3.05) is 13.7 Å². The lowest BCUT2D eigenvalue weighted by Crippen LogP contribution is -2.38. The predicted molar refractivity (Wildman–Crippen MR) is 79.8 cm³/mol. The van der Waals surface area contributed by atoms with Gasteiger partial charge in [-0.2, -0.15) is 0 Å². The minimum Gasteiger partial charge on any atom is -0.468 e. The zero-order valence-electron chi connectivity index (χ0n) is 13.2. The lowest BCUT2D eigenvalue weighted by Gasteiger charge is -2.33. The number of ether oxygens (including phenoxy) is 2. The van der Waals surface area contributed by atoms with Crippen LogP contribution in [0.3, 0.4) is 0 Å². The Bertz CT molecular complexity index is 341. The first-order chi connectivity index (χ1) is 9.97. The number of rotatable bonds is 7. The van der Waals surface area contributed by atoms with Gasteiger partial charge < -0.3 is 20.5 Å².